The van der Waals surface area contributed by atoms with Gasteiger partial charge >= 0.3 is 6.03 Å². The molecule has 1 saturated carbocycles. The minimum absolute atomic E-state index is 0.0481. The molecule has 3 N–H and O–H groups in total. The van der Waals surface area contributed by atoms with E-state index in [9.17, 15) is 14.4 Å². The quantitative estimate of drug-likeness (QED) is 0.605. The molecule has 2 fully saturated rings. The smallest absolute Gasteiger partial charge is 0.324 e. The highest BCUT2D eigenvalue weighted by molar-refractivity contribution is 6.31. The molecule has 0 radical (unpaired) electrons. The Kier molecular flexibility index (Phi) is 5.76. The van der Waals surface area contributed by atoms with Crippen molar-refractivity contribution in [2.75, 3.05) is 6.54 Å². The van der Waals surface area contributed by atoms with Crippen molar-refractivity contribution < 1.29 is 14.4 Å². The SMILES string of the molecule is O=C(CC[C@H]1NC(=O)N(CCc2c[nH]c3ccc(Cl)cc23)C1=O)NC1CCCC1. The van der Waals surface area contributed by atoms with Crippen molar-refractivity contribution >= 4 is 40.3 Å². The summed E-state index contributed by atoms with van der Waals surface area (Å²) in [6, 6.07) is 4.83. The number of nitrogens with zero attached hydrogens (tertiary/aromatic N) is 1. The van der Waals surface area contributed by atoms with Crippen LogP contribution < -0.4 is 10.6 Å². The molecule has 2 heterocycles. The first kappa shape index (κ1) is 19.8. The predicted molar refractivity (Wildman–Crippen MR) is 111 cm³/mol. The van der Waals surface area contributed by atoms with Crippen LogP contribution >= 0.6 is 11.6 Å². The van der Waals surface area contributed by atoms with Crippen molar-refractivity contribution in [3.8, 4) is 0 Å². The van der Waals surface area contributed by atoms with Gasteiger partial charge in [0.25, 0.3) is 5.91 Å². The third-order valence-corrected chi connectivity index (χ3v) is 6.06. The van der Waals surface area contributed by atoms with Crippen molar-refractivity contribution in [3.63, 3.8) is 0 Å². The number of hydrogen-bond donors (Lipinski definition) is 3. The van der Waals surface area contributed by atoms with Gasteiger partial charge in [-0.15, -0.1) is 0 Å². The van der Waals surface area contributed by atoms with Gasteiger partial charge in [-0.2, -0.15) is 0 Å². The number of fused-ring (bicyclic) bond motifs is 1. The summed E-state index contributed by atoms with van der Waals surface area (Å²) >= 11 is 6.08. The second-order valence-electron chi connectivity index (χ2n) is 7.83. The Morgan fingerprint density at radius 1 is 1.24 bits per heavy atom. The van der Waals surface area contributed by atoms with Crippen molar-refractivity contribution in [2.24, 2.45) is 0 Å². The zero-order chi connectivity index (χ0) is 20.4. The Morgan fingerprint density at radius 2 is 2.03 bits per heavy atom. The lowest BCUT2D eigenvalue weighted by atomic mass is 10.1. The van der Waals surface area contributed by atoms with Gasteiger partial charge in [-0.05, 0) is 49.4 Å². The minimum atomic E-state index is -0.630. The van der Waals surface area contributed by atoms with E-state index in [-0.39, 0.29) is 30.8 Å². The molecule has 0 unspecified atom stereocenters. The molecule has 29 heavy (non-hydrogen) atoms. The number of halogens is 1. The fraction of sp³-hybridized carbons (Fsp3) is 0.476. The lowest BCUT2D eigenvalue weighted by molar-refractivity contribution is -0.127. The van der Waals surface area contributed by atoms with Crippen LogP contribution in [0.4, 0.5) is 4.79 Å². The summed E-state index contributed by atoms with van der Waals surface area (Å²) in [6.07, 6.45) is 7.33. The molecular formula is C21H25ClN4O3. The molecule has 0 bridgehead atoms. The zero-order valence-corrected chi connectivity index (χ0v) is 16.9. The fourth-order valence-corrected chi connectivity index (χ4v) is 4.39. The van der Waals surface area contributed by atoms with Gasteiger partial charge in [0, 0.05) is 41.1 Å². The molecule has 0 spiro atoms. The number of aromatic nitrogens is 1. The first-order chi connectivity index (χ1) is 14.0. The fourth-order valence-electron chi connectivity index (χ4n) is 4.22. The van der Waals surface area contributed by atoms with E-state index < -0.39 is 12.1 Å². The standard InChI is InChI=1S/C21H25ClN4O3/c22-14-5-6-17-16(11-14)13(12-23-17)9-10-26-20(28)18(25-21(26)29)7-8-19(27)24-15-3-1-2-4-15/h5-6,11-12,15,18,23H,1-4,7-10H2,(H,24,27)(H,25,29)/t18-/m1/s1. The Bertz CT molecular complexity index is 935. The Labute approximate surface area is 174 Å². The normalized spacial score (nSPS) is 19.9. The van der Waals surface area contributed by atoms with Gasteiger partial charge in [-0.3, -0.25) is 14.5 Å². The van der Waals surface area contributed by atoms with E-state index in [1.54, 1.807) is 0 Å². The van der Waals surface area contributed by atoms with Crippen LogP contribution in [-0.4, -0.2) is 46.4 Å². The van der Waals surface area contributed by atoms with Crippen molar-refractivity contribution in [2.45, 2.75) is 57.0 Å². The summed E-state index contributed by atoms with van der Waals surface area (Å²) in [6.45, 7) is 0.287. The molecule has 7 nitrogen and oxygen atoms in total. The molecule has 154 valence electrons. The van der Waals surface area contributed by atoms with Gasteiger partial charge in [0.05, 0.1) is 0 Å². The molecule has 8 heteroatoms. The maximum Gasteiger partial charge on any atom is 0.324 e. The number of hydrogen-bond acceptors (Lipinski definition) is 3. The van der Waals surface area contributed by atoms with Gasteiger partial charge in [0.2, 0.25) is 5.91 Å². The number of nitrogens with one attached hydrogen (secondary N) is 3. The van der Waals surface area contributed by atoms with E-state index in [1.165, 1.54) is 4.90 Å². The van der Waals surface area contributed by atoms with E-state index in [0.717, 1.165) is 42.1 Å². The van der Waals surface area contributed by atoms with Gasteiger partial charge in [-0.1, -0.05) is 24.4 Å². The topological polar surface area (TPSA) is 94.3 Å². The molecule has 4 rings (SSSR count). The summed E-state index contributed by atoms with van der Waals surface area (Å²) in [5.74, 6) is -0.311. The van der Waals surface area contributed by atoms with Gasteiger partial charge < -0.3 is 15.6 Å². The van der Waals surface area contributed by atoms with Crippen LogP contribution in [0, 0.1) is 0 Å². The highest BCUT2D eigenvalue weighted by Crippen LogP contribution is 2.23. The summed E-state index contributed by atoms with van der Waals surface area (Å²) < 4.78 is 0. The number of H-pyrrole nitrogens is 1. The van der Waals surface area contributed by atoms with E-state index in [0.29, 0.717) is 17.9 Å². The molecule has 2 aromatic rings. The van der Waals surface area contributed by atoms with Crippen molar-refractivity contribution in [1.82, 2.24) is 20.5 Å². The first-order valence-electron chi connectivity index (χ1n) is 10.2. The molecule has 1 aliphatic carbocycles. The van der Waals surface area contributed by atoms with Crippen LogP contribution in [0.3, 0.4) is 0 Å². The Morgan fingerprint density at radius 3 is 2.83 bits per heavy atom. The van der Waals surface area contributed by atoms with Gasteiger partial charge in [0.15, 0.2) is 0 Å². The van der Waals surface area contributed by atoms with Crippen molar-refractivity contribution in [1.29, 1.82) is 0 Å². The van der Waals surface area contributed by atoms with Gasteiger partial charge in [0.1, 0.15) is 6.04 Å². The number of benzene rings is 1. The third-order valence-electron chi connectivity index (χ3n) is 5.82. The number of amides is 4. The summed E-state index contributed by atoms with van der Waals surface area (Å²) in [5, 5.41) is 7.36. The molecule has 2 aliphatic rings. The molecular weight excluding hydrogens is 392 g/mol. The monoisotopic (exact) mass is 416 g/mol. The summed E-state index contributed by atoms with van der Waals surface area (Å²) in [4.78, 5) is 41.4. The Balaban J connectivity index is 1.30. The lowest BCUT2D eigenvalue weighted by Gasteiger charge is -2.14. The van der Waals surface area contributed by atoms with Crippen LogP contribution in [0.2, 0.25) is 5.02 Å². The number of rotatable bonds is 7. The van der Waals surface area contributed by atoms with Crippen LogP contribution in [0.25, 0.3) is 10.9 Å². The molecule has 1 aromatic carbocycles. The second kappa shape index (κ2) is 8.45. The summed E-state index contributed by atoms with van der Waals surface area (Å²) in [5.41, 5.74) is 1.97. The predicted octanol–water partition coefficient (Wildman–Crippen LogP) is 3.12. The average molecular weight is 417 g/mol. The highest BCUT2D eigenvalue weighted by atomic mass is 35.5. The molecule has 1 saturated heterocycles. The number of aromatic amines is 1. The number of imide groups is 1. The largest absolute Gasteiger partial charge is 0.361 e. The Hall–Kier alpha value is -2.54. The van der Waals surface area contributed by atoms with E-state index >= 15 is 0 Å². The van der Waals surface area contributed by atoms with Crippen molar-refractivity contribution in [3.05, 3.63) is 35.0 Å². The van der Waals surface area contributed by atoms with Crippen LogP contribution in [-0.2, 0) is 16.0 Å². The van der Waals surface area contributed by atoms with Crippen LogP contribution in [0.5, 0.6) is 0 Å². The highest BCUT2D eigenvalue weighted by Gasteiger charge is 2.37. The van der Waals surface area contributed by atoms with E-state index in [1.807, 2.05) is 24.4 Å². The molecule has 1 atom stereocenters. The minimum Gasteiger partial charge on any atom is -0.361 e. The molecule has 1 aliphatic heterocycles. The van der Waals surface area contributed by atoms with E-state index in [2.05, 4.69) is 15.6 Å². The first-order valence-corrected chi connectivity index (χ1v) is 10.6. The average Bonchev–Trinajstić information content (AvgIpc) is 3.40. The lowest BCUT2D eigenvalue weighted by Crippen LogP contribution is -2.35. The van der Waals surface area contributed by atoms with Crippen LogP contribution in [0.15, 0.2) is 24.4 Å². The van der Waals surface area contributed by atoms with E-state index in [4.69, 9.17) is 11.6 Å². The maximum absolute atomic E-state index is 12.6. The number of carbonyl (C=O) groups is 3. The number of carbonyl (C=O) groups excluding carboxylic acids is 3. The molecule has 1 aromatic heterocycles. The molecule has 4 amide bonds. The zero-order valence-electron chi connectivity index (χ0n) is 16.2. The maximum atomic E-state index is 12.6. The van der Waals surface area contributed by atoms with Gasteiger partial charge in [-0.25, -0.2) is 4.79 Å². The second-order valence-corrected chi connectivity index (χ2v) is 8.27. The third kappa shape index (κ3) is 4.40. The summed E-state index contributed by atoms with van der Waals surface area (Å²) in [7, 11) is 0. The van der Waals surface area contributed by atoms with Crippen LogP contribution in [0.1, 0.15) is 44.1 Å². The number of urea groups is 1.